The minimum absolute atomic E-state index is 0.303. The predicted molar refractivity (Wildman–Crippen MR) is 107 cm³/mol. The summed E-state index contributed by atoms with van der Waals surface area (Å²) in [5.41, 5.74) is 3.03. The fourth-order valence-electron chi connectivity index (χ4n) is 2.85. The normalized spacial score (nSPS) is 12.2. The van der Waals surface area contributed by atoms with E-state index in [-0.39, 0.29) is 6.10 Å². The van der Waals surface area contributed by atoms with Crippen LogP contribution in [0, 0.1) is 0 Å². The molecule has 0 fully saturated rings. The van der Waals surface area contributed by atoms with Crippen molar-refractivity contribution in [2.75, 3.05) is 0 Å². The van der Waals surface area contributed by atoms with E-state index < -0.39 is 5.97 Å². The number of benzene rings is 2. The van der Waals surface area contributed by atoms with Gasteiger partial charge in [0.1, 0.15) is 11.6 Å². The summed E-state index contributed by atoms with van der Waals surface area (Å²) in [6.45, 7) is 1.83. The number of esters is 1. The van der Waals surface area contributed by atoms with Gasteiger partial charge in [0.05, 0.1) is 5.56 Å². The molecule has 8 heteroatoms. The SMILES string of the molecule is CC(Cc1ccn[nH]1)OC(=O)c1ccc2nc(-c3cc(Cl)cc(Cl)c3)oc2c1. The Balaban J connectivity index is 1.55. The van der Waals surface area contributed by atoms with Crippen molar-refractivity contribution >= 4 is 40.3 Å². The molecule has 0 spiro atoms. The first-order valence-electron chi connectivity index (χ1n) is 8.54. The van der Waals surface area contributed by atoms with Crippen LogP contribution < -0.4 is 0 Å². The molecule has 0 saturated carbocycles. The summed E-state index contributed by atoms with van der Waals surface area (Å²) in [6, 6.07) is 11.9. The number of nitrogens with one attached hydrogen (secondary N) is 1. The summed E-state index contributed by atoms with van der Waals surface area (Å²) >= 11 is 12.1. The van der Waals surface area contributed by atoms with E-state index in [0.717, 1.165) is 5.69 Å². The number of halogens is 2. The van der Waals surface area contributed by atoms with Gasteiger partial charge in [-0.25, -0.2) is 9.78 Å². The van der Waals surface area contributed by atoms with E-state index in [1.54, 1.807) is 42.6 Å². The standard InChI is InChI=1S/C20H15Cl2N3O3/c1-11(6-16-4-5-23-25-16)27-20(26)12-2-3-17-18(9-12)28-19(24-17)13-7-14(21)10-15(22)8-13/h2-5,7-11H,6H2,1H3,(H,23,25). The number of carbonyl (C=O) groups is 1. The van der Waals surface area contributed by atoms with E-state index in [1.807, 2.05) is 13.0 Å². The van der Waals surface area contributed by atoms with Crippen molar-refractivity contribution in [3.05, 3.63) is 70.0 Å². The Morgan fingerprint density at radius 2 is 1.96 bits per heavy atom. The average molecular weight is 416 g/mol. The summed E-state index contributed by atoms with van der Waals surface area (Å²) in [4.78, 5) is 16.9. The molecule has 4 rings (SSSR count). The van der Waals surface area contributed by atoms with Crippen LogP contribution >= 0.6 is 23.2 Å². The Morgan fingerprint density at radius 1 is 1.18 bits per heavy atom. The molecule has 6 nitrogen and oxygen atoms in total. The van der Waals surface area contributed by atoms with Crippen LogP contribution in [0.2, 0.25) is 10.0 Å². The van der Waals surface area contributed by atoms with Gasteiger partial charge in [-0.05, 0) is 49.4 Å². The molecular formula is C20H15Cl2N3O3. The number of oxazole rings is 1. The lowest BCUT2D eigenvalue weighted by Crippen LogP contribution is -2.17. The molecule has 0 aliphatic carbocycles. The predicted octanol–water partition coefficient (Wildman–Crippen LogP) is 5.31. The third-order valence-corrected chi connectivity index (χ3v) is 4.54. The maximum Gasteiger partial charge on any atom is 0.338 e. The molecule has 28 heavy (non-hydrogen) atoms. The van der Waals surface area contributed by atoms with E-state index in [2.05, 4.69) is 15.2 Å². The first kappa shape index (κ1) is 18.5. The van der Waals surface area contributed by atoms with Crippen LogP contribution in [0.1, 0.15) is 23.0 Å². The zero-order chi connectivity index (χ0) is 19.7. The number of fused-ring (bicyclic) bond motifs is 1. The Bertz CT molecular complexity index is 1120. The van der Waals surface area contributed by atoms with Gasteiger partial charge in [-0.15, -0.1) is 0 Å². The van der Waals surface area contributed by atoms with Crippen LogP contribution in [-0.2, 0) is 11.2 Å². The third-order valence-electron chi connectivity index (χ3n) is 4.11. The molecule has 2 heterocycles. The number of hydrogen-bond acceptors (Lipinski definition) is 5. The monoisotopic (exact) mass is 415 g/mol. The lowest BCUT2D eigenvalue weighted by molar-refractivity contribution is 0.0341. The molecule has 2 aromatic heterocycles. The second-order valence-corrected chi connectivity index (χ2v) is 7.23. The van der Waals surface area contributed by atoms with Crippen molar-refractivity contribution in [1.29, 1.82) is 0 Å². The number of nitrogens with zero attached hydrogens (tertiary/aromatic N) is 2. The number of aromatic nitrogens is 3. The maximum atomic E-state index is 12.4. The van der Waals surface area contributed by atoms with Crippen molar-refractivity contribution < 1.29 is 13.9 Å². The zero-order valence-corrected chi connectivity index (χ0v) is 16.3. The highest BCUT2D eigenvalue weighted by molar-refractivity contribution is 6.35. The molecule has 1 atom stereocenters. The molecule has 0 amide bonds. The molecule has 0 aliphatic rings. The van der Waals surface area contributed by atoms with E-state index >= 15 is 0 Å². The third kappa shape index (κ3) is 4.03. The summed E-state index contributed by atoms with van der Waals surface area (Å²) in [5, 5.41) is 7.70. The minimum Gasteiger partial charge on any atom is -0.459 e. The summed E-state index contributed by atoms with van der Waals surface area (Å²) in [5.74, 6) is -0.0600. The van der Waals surface area contributed by atoms with E-state index in [9.17, 15) is 4.79 Å². The van der Waals surface area contributed by atoms with Crippen molar-refractivity contribution in [1.82, 2.24) is 15.2 Å². The lowest BCUT2D eigenvalue weighted by Gasteiger charge is -2.12. The minimum atomic E-state index is -0.433. The van der Waals surface area contributed by atoms with Gasteiger partial charge < -0.3 is 9.15 Å². The highest BCUT2D eigenvalue weighted by atomic mass is 35.5. The Morgan fingerprint density at radius 3 is 2.68 bits per heavy atom. The number of hydrogen-bond donors (Lipinski definition) is 1. The summed E-state index contributed by atoms with van der Waals surface area (Å²) < 4.78 is 11.3. The lowest BCUT2D eigenvalue weighted by atomic mass is 10.2. The van der Waals surface area contributed by atoms with E-state index in [1.165, 1.54) is 0 Å². The largest absolute Gasteiger partial charge is 0.459 e. The molecule has 1 unspecified atom stereocenters. The quantitative estimate of drug-likeness (QED) is 0.446. The first-order chi connectivity index (χ1) is 13.5. The van der Waals surface area contributed by atoms with Gasteiger partial charge in [0.15, 0.2) is 5.58 Å². The Kier molecular flexibility index (Phi) is 5.07. The molecule has 0 aliphatic heterocycles. The van der Waals surface area contributed by atoms with Crippen LogP contribution in [0.25, 0.3) is 22.6 Å². The van der Waals surface area contributed by atoms with Gasteiger partial charge in [-0.3, -0.25) is 5.10 Å². The molecule has 0 bridgehead atoms. The fourth-order valence-corrected chi connectivity index (χ4v) is 3.38. The zero-order valence-electron chi connectivity index (χ0n) is 14.8. The summed E-state index contributed by atoms with van der Waals surface area (Å²) in [7, 11) is 0. The molecule has 4 aromatic rings. The van der Waals surface area contributed by atoms with Crippen molar-refractivity contribution in [3.63, 3.8) is 0 Å². The number of H-pyrrole nitrogens is 1. The van der Waals surface area contributed by atoms with Gasteiger partial charge in [-0.1, -0.05) is 23.2 Å². The van der Waals surface area contributed by atoms with Gasteiger partial charge >= 0.3 is 5.97 Å². The van der Waals surface area contributed by atoms with Crippen LogP contribution in [0.3, 0.4) is 0 Å². The summed E-state index contributed by atoms with van der Waals surface area (Å²) in [6.07, 6.45) is 1.91. The van der Waals surface area contributed by atoms with Crippen molar-refractivity contribution in [2.24, 2.45) is 0 Å². The number of carbonyl (C=O) groups excluding carboxylic acids is 1. The molecule has 1 N–H and O–H groups in total. The topological polar surface area (TPSA) is 81.0 Å². The van der Waals surface area contributed by atoms with Crippen LogP contribution in [0.4, 0.5) is 0 Å². The number of aromatic amines is 1. The number of rotatable bonds is 5. The van der Waals surface area contributed by atoms with E-state index in [0.29, 0.717) is 44.6 Å². The maximum absolute atomic E-state index is 12.4. The highest BCUT2D eigenvalue weighted by Gasteiger charge is 2.16. The molecule has 0 saturated heterocycles. The average Bonchev–Trinajstić information content (AvgIpc) is 3.29. The van der Waals surface area contributed by atoms with Gasteiger partial charge in [0.2, 0.25) is 5.89 Å². The Labute approximate surface area is 170 Å². The van der Waals surface area contributed by atoms with Crippen molar-refractivity contribution in [2.45, 2.75) is 19.4 Å². The van der Waals surface area contributed by atoms with Gasteiger partial charge in [0, 0.05) is 33.9 Å². The second kappa shape index (κ2) is 7.66. The van der Waals surface area contributed by atoms with Gasteiger partial charge in [-0.2, -0.15) is 5.10 Å². The Hall–Kier alpha value is -2.83. The fraction of sp³-hybridized carbons (Fsp3) is 0.150. The van der Waals surface area contributed by atoms with Gasteiger partial charge in [0.25, 0.3) is 0 Å². The number of ether oxygens (including phenoxy) is 1. The van der Waals surface area contributed by atoms with Crippen LogP contribution in [0.5, 0.6) is 0 Å². The molecular weight excluding hydrogens is 401 g/mol. The van der Waals surface area contributed by atoms with E-state index in [4.69, 9.17) is 32.4 Å². The first-order valence-corrected chi connectivity index (χ1v) is 9.30. The smallest absolute Gasteiger partial charge is 0.338 e. The second-order valence-electron chi connectivity index (χ2n) is 6.36. The molecule has 0 radical (unpaired) electrons. The molecule has 2 aromatic carbocycles. The van der Waals surface area contributed by atoms with Crippen molar-refractivity contribution in [3.8, 4) is 11.5 Å². The highest BCUT2D eigenvalue weighted by Crippen LogP contribution is 2.29. The van der Waals surface area contributed by atoms with Crippen LogP contribution in [0.15, 0.2) is 53.1 Å². The molecule has 142 valence electrons. The van der Waals surface area contributed by atoms with Crippen LogP contribution in [-0.4, -0.2) is 27.3 Å².